The van der Waals surface area contributed by atoms with Gasteiger partial charge in [-0.05, 0) is 66.6 Å². The summed E-state index contributed by atoms with van der Waals surface area (Å²) in [4.78, 5) is 15.9. The summed E-state index contributed by atoms with van der Waals surface area (Å²) in [5, 5.41) is 0. The van der Waals surface area contributed by atoms with Gasteiger partial charge in [0.2, 0.25) is 0 Å². The summed E-state index contributed by atoms with van der Waals surface area (Å²) in [6, 6.07) is 13.0. The summed E-state index contributed by atoms with van der Waals surface area (Å²) in [6.07, 6.45) is 8.21. The number of hydrogen-bond acceptors (Lipinski definition) is 4. The number of hydrogen-bond donors (Lipinski definition) is 0. The molecule has 0 spiro atoms. The fourth-order valence-electron chi connectivity index (χ4n) is 3.01. The van der Waals surface area contributed by atoms with E-state index in [9.17, 15) is 13.2 Å². The fourth-order valence-corrected chi connectivity index (χ4v) is 4.09. The molecule has 4 nitrogen and oxygen atoms in total. The Bertz CT molecular complexity index is 948. The number of carbonyl (C=O) groups excluding carboxylic acids is 1. The molecule has 0 unspecified atom stereocenters. The highest BCUT2D eigenvalue weighted by atomic mass is 32.2. The number of aryl methyl sites for hydroxylation is 1. The van der Waals surface area contributed by atoms with Crippen molar-refractivity contribution in [3.63, 3.8) is 0 Å². The van der Waals surface area contributed by atoms with Gasteiger partial charge in [-0.25, -0.2) is 8.42 Å². The van der Waals surface area contributed by atoms with Crippen molar-refractivity contribution < 1.29 is 13.2 Å². The molecule has 136 valence electrons. The lowest BCUT2D eigenvalue weighted by atomic mass is 10.0. The molecule has 1 aliphatic heterocycles. The topological polar surface area (TPSA) is 54.5 Å². The average Bonchev–Trinajstić information content (AvgIpc) is 2.64. The van der Waals surface area contributed by atoms with Gasteiger partial charge in [0, 0.05) is 29.5 Å². The maximum atomic E-state index is 12.7. The fraction of sp³-hybridized carbons (Fsp3) is 0.250. The van der Waals surface area contributed by atoms with Gasteiger partial charge in [0.15, 0.2) is 9.84 Å². The summed E-state index contributed by atoms with van der Waals surface area (Å²) in [6.45, 7) is 0.639. The van der Waals surface area contributed by atoms with Crippen LogP contribution in [0.5, 0.6) is 0 Å². The van der Waals surface area contributed by atoms with E-state index in [4.69, 9.17) is 0 Å². The Morgan fingerprint density at radius 3 is 2.54 bits per heavy atom. The maximum absolute atomic E-state index is 12.7. The number of fused-ring (bicyclic) bond motifs is 1. The van der Waals surface area contributed by atoms with Crippen LogP contribution in [0.1, 0.15) is 17.5 Å². The zero-order valence-corrected chi connectivity index (χ0v) is 16.4. The van der Waals surface area contributed by atoms with Gasteiger partial charge in [0.25, 0.3) is 5.91 Å². The lowest BCUT2D eigenvalue weighted by Gasteiger charge is -2.29. The van der Waals surface area contributed by atoms with Crippen molar-refractivity contribution in [2.75, 3.05) is 24.0 Å². The van der Waals surface area contributed by atoms with Gasteiger partial charge in [0.05, 0.1) is 4.90 Å². The van der Waals surface area contributed by atoms with Gasteiger partial charge in [-0.3, -0.25) is 4.79 Å². The second-order valence-electron chi connectivity index (χ2n) is 6.26. The molecule has 0 aliphatic carbocycles. The third kappa shape index (κ3) is 4.19. The van der Waals surface area contributed by atoms with Gasteiger partial charge >= 0.3 is 0 Å². The van der Waals surface area contributed by atoms with Crippen LogP contribution >= 0.6 is 11.8 Å². The van der Waals surface area contributed by atoms with Crippen LogP contribution < -0.4 is 4.90 Å². The first-order chi connectivity index (χ1) is 12.4. The molecule has 2 aromatic rings. The van der Waals surface area contributed by atoms with E-state index in [1.807, 2.05) is 36.6 Å². The minimum Gasteiger partial charge on any atom is -0.309 e. The van der Waals surface area contributed by atoms with Crippen molar-refractivity contribution in [1.82, 2.24) is 0 Å². The van der Waals surface area contributed by atoms with Crippen molar-refractivity contribution in [2.45, 2.75) is 22.6 Å². The third-order valence-electron chi connectivity index (χ3n) is 4.40. The molecule has 0 saturated carbocycles. The van der Waals surface area contributed by atoms with Gasteiger partial charge in [-0.1, -0.05) is 12.1 Å². The molecule has 1 amide bonds. The predicted octanol–water partition coefficient (Wildman–Crippen LogP) is 3.80. The minimum atomic E-state index is -3.25. The Morgan fingerprint density at radius 2 is 1.88 bits per heavy atom. The number of carbonyl (C=O) groups is 1. The lowest BCUT2D eigenvalue weighted by molar-refractivity contribution is -0.114. The molecular formula is C20H21NO3S2. The Hall–Kier alpha value is -2.05. The normalized spacial score (nSPS) is 14.5. The number of benzene rings is 2. The second-order valence-corrected chi connectivity index (χ2v) is 9.16. The van der Waals surface area contributed by atoms with Crippen LogP contribution in [0.3, 0.4) is 0 Å². The average molecular weight is 388 g/mol. The maximum Gasteiger partial charge on any atom is 0.250 e. The highest BCUT2D eigenvalue weighted by Crippen LogP contribution is 2.29. The van der Waals surface area contributed by atoms with E-state index in [-0.39, 0.29) is 5.91 Å². The van der Waals surface area contributed by atoms with Gasteiger partial charge < -0.3 is 4.90 Å². The zero-order chi connectivity index (χ0) is 18.7. The SMILES string of the molecule is CSc1ccc(C=CC(=O)N2CCCc3cc(S(C)(=O)=O)ccc32)cc1. The summed E-state index contributed by atoms with van der Waals surface area (Å²) >= 11 is 1.68. The van der Waals surface area contributed by atoms with Gasteiger partial charge in [0.1, 0.15) is 0 Å². The van der Waals surface area contributed by atoms with E-state index < -0.39 is 9.84 Å². The smallest absolute Gasteiger partial charge is 0.250 e. The van der Waals surface area contributed by atoms with Crippen molar-refractivity contribution in [3.05, 3.63) is 59.7 Å². The summed E-state index contributed by atoms with van der Waals surface area (Å²) in [7, 11) is -3.25. The number of amides is 1. The Balaban J connectivity index is 1.82. The van der Waals surface area contributed by atoms with Crippen LogP contribution in [0.4, 0.5) is 5.69 Å². The van der Waals surface area contributed by atoms with Crippen LogP contribution in [-0.4, -0.2) is 33.4 Å². The van der Waals surface area contributed by atoms with Crippen molar-refractivity contribution >= 4 is 39.3 Å². The number of sulfone groups is 1. The molecule has 0 atom stereocenters. The van der Waals surface area contributed by atoms with E-state index in [0.29, 0.717) is 11.4 Å². The highest BCUT2D eigenvalue weighted by Gasteiger charge is 2.22. The molecule has 26 heavy (non-hydrogen) atoms. The predicted molar refractivity (Wildman–Crippen MR) is 107 cm³/mol. The first-order valence-electron chi connectivity index (χ1n) is 8.35. The molecule has 2 aromatic carbocycles. The molecule has 1 heterocycles. The molecular weight excluding hydrogens is 366 g/mol. The highest BCUT2D eigenvalue weighted by molar-refractivity contribution is 7.98. The number of rotatable bonds is 4. The molecule has 0 N–H and O–H groups in total. The van der Waals surface area contributed by atoms with E-state index in [2.05, 4.69) is 0 Å². The largest absolute Gasteiger partial charge is 0.309 e. The summed E-state index contributed by atoms with van der Waals surface area (Å²) < 4.78 is 23.5. The molecule has 3 rings (SSSR count). The first-order valence-corrected chi connectivity index (χ1v) is 11.5. The standard InChI is InChI=1S/C20H21NO3S2/c1-25-17-8-5-15(6-9-17)7-12-20(22)21-13-3-4-16-14-18(26(2,23)24)10-11-19(16)21/h5-12,14H,3-4,13H2,1-2H3. The number of nitrogens with zero attached hydrogens (tertiary/aromatic N) is 1. The van der Waals surface area contributed by atoms with Gasteiger partial charge in [-0.15, -0.1) is 11.8 Å². The second kappa shape index (κ2) is 7.68. The lowest BCUT2D eigenvalue weighted by Crippen LogP contribution is -2.34. The van der Waals surface area contributed by atoms with Crippen LogP contribution in [-0.2, 0) is 21.1 Å². The van der Waals surface area contributed by atoms with Crippen LogP contribution in [0.2, 0.25) is 0 Å². The Labute approximate surface area is 158 Å². The van der Waals surface area contributed by atoms with Crippen LogP contribution in [0.15, 0.2) is 58.3 Å². The quantitative estimate of drug-likeness (QED) is 0.591. The third-order valence-corrected chi connectivity index (χ3v) is 6.25. The van der Waals surface area contributed by atoms with E-state index in [0.717, 1.165) is 29.7 Å². The molecule has 0 radical (unpaired) electrons. The molecule has 1 aliphatic rings. The van der Waals surface area contributed by atoms with E-state index >= 15 is 0 Å². The molecule has 0 saturated heterocycles. The van der Waals surface area contributed by atoms with Crippen molar-refractivity contribution in [3.8, 4) is 0 Å². The van der Waals surface area contributed by atoms with Crippen LogP contribution in [0, 0.1) is 0 Å². The summed E-state index contributed by atoms with van der Waals surface area (Å²) in [5.74, 6) is -0.0907. The van der Waals surface area contributed by atoms with Crippen molar-refractivity contribution in [2.24, 2.45) is 0 Å². The number of anilines is 1. The first kappa shape index (κ1) is 18.7. The van der Waals surface area contributed by atoms with Gasteiger partial charge in [-0.2, -0.15) is 0 Å². The minimum absolute atomic E-state index is 0.0907. The summed E-state index contributed by atoms with van der Waals surface area (Å²) in [5.41, 5.74) is 2.68. The Kier molecular flexibility index (Phi) is 5.53. The van der Waals surface area contributed by atoms with Crippen LogP contribution in [0.25, 0.3) is 6.08 Å². The molecule has 0 fully saturated rings. The molecule has 6 heteroatoms. The molecule has 0 aromatic heterocycles. The zero-order valence-electron chi connectivity index (χ0n) is 14.8. The molecule has 0 bridgehead atoms. The van der Waals surface area contributed by atoms with E-state index in [1.165, 1.54) is 11.2 Å². The van der Waals surface area contributed by atoms with E-state index in [1.54, 1.807) is 40.9 Å². The Morgan fingerprint density at radius 1 is 1.15 bits per heavy atom. The number of thioether (sulfide) groups is 1. The monoisotopic (exact) mass is 387 g/mol. The van der Waals surface area contributed by atoms with Crippen molar-refractivity contribution in [1.29, 1.82) is 0 Å².